The van der Waals surface area contributed by atoms with Gasteiger partial charge in [0, 0.05) is 32.3 Å². The van der Waals surface area contributed by atoms with Gasteiger partial charge in [0.1, 0.15) is 0 Å². The van der Waals surface area contributed by atoms with Crippen molar-refractivity contribution in [3.05, 3.63) is 71.3 Å². The molecule has 4 heteroatoms. The lowest BCUT2D eigenvalue weighted by Gasteiger charge is -2.41. The van der Waals surface area contributed by atoms with Gasteiger partial charge < -0.3 is 15.0 Å². The van der Waals surface area contributed by atoms with Crippen LogP contribution in [0.15, 0.2) is 54.6 Å². The van der Waals surface area contributed by atoms with Crippen LogP contribution in [0.3, 0.4) is 0 Å². The summed E-state index contributed by atoms with van der Waals surface area (Å²) in [5, 5.41) is 3.41. The Morgan fingerprint density at radius 3 is 2.44 bits per heavy atom. The van der Waals surface area contributed by atoms with E-state index in [0.717, 1.165) is 51.0 Å². The minimum atomic E-state index is -0.285. The average molecular weight is 364 g/mol. The number of piperidine rings is 1. The van der Waals surface area contributed by atoms with Crippen molar-refractivity contribution < 1.29 is 9.53 Å². The van der Waals surface area contributed by atoms with E-state index in [4.69, 9.17) is 4.74 Å². The molecule has 2 saturated heterocycles. The summed E-state index contributed by atoms with van der Waals surface area (Å²) in [4.78, 5) is 15.3. The molecular formula is C23H28N2O2. The molecule has 0 radical (unpaired) electrons. The topological polar surface area (TPSA) is 41.6 Å². The molecule has 142 valence electrons. The fourth-order valence-corrected chi connectivity index (χ4v) is 4.56. The second-order valence-electron chi connectivity index (χ2n) is 7.63. The van der Waals surface area contributed by atoms with Crippen molar-refractivity contribution >= 4 is 5.91 Å². The zero-order chi connectivity index (χ0) is 18.7. The Balaban J connectivity index is 1.51. The van der Waals surface area contributed by atoms with Gasteiger partial charge in [0.05, 0.1) is 5.60 Å². The second-order valence-corrected chi connectivity index (χ2v) is 7.63. The third-order valence-electron chi connectivity index (χ3n) is 6.24. The van der Waals surface area contributed by atoms with Gasteiger partial charge in [0.2, 0.25) is 0 Å². The first-order chi connectivity index (χ1) is 13.2. The van der Waals surface area contributed by atoms with Crippen LogP contribution in [0, 0.1) is 0 Å². The Morgan fingerprint density at radius 2 is 1.78 bits per heavy atom. The summed E-state index contributed by atoms with van der Waals surface area (Å²) in [6.45, 7) is 3.44. The van der Waals surface area contributed by atoms with Gasteiger partial charge >= 0.3 is 0 Å². The fraction of sp³-hybridized carbons (Fsp3) is 0.435. The summed E-state index contributed by atoms with van der Waals surface area (Å²) in [7, 11) is 1.78. The first-order valence-electron chi connectivity index (χ1n) is 9.93. The maximum Gasteiger partial charge on any atom is 0.254 e. The summed E-state index contributed by atoms with van der Waals surface area (Å²) < 4.78 is 5.96. The van der Waals surface area contributed by atoms with Gasteiger partial charge in [0.25, 0.3) is 5.91 Å². The van der Waals surface area contributed by atoms with Crippen LogP contribution in [0.5, 0.6) is 0 Å². The third kappa shape index (κ3) is 3.52. The van der Waals surface area contributed by atoms with Gasteiger partial charge in [-0.15, -0.1) is 0 Å². The molecule has 2 heterocycles. The maximum absolute atomic E-state index is 13.3. The van der Waals surface area contributed by atoms with E-state index >= 15 is 0 Å². The second kappa shape index (κ2) is 7.83. The molecule has 2 aromatic rings. The number of rotatable bonds is 4. The molecule has 1 N–H and O–H groups in total. The number of benzene rings is 2. The molecule has 0 bridgehead atoms. The van der Waals surface area contributed by atoms with E-state index in [0.29, 0.717) is 5.92 Å². The van der Waals surface area contributed by atoms with Crippen LogP contribution in [-0.2, 0) is 10.3 Å². The quantitative estimate of drug-likeness (QED) is 0.902. The molecule has 0 aliphatic carbocycles. The molecule has 1 amide bonds. The van der Waals surface area contributed by atoms with Crippen LogP contribution in [0.1, 0.15) is 46.7 Å². The normalized spacial score (nSPS) is 22.0. The minimum absolute atomic E-state index is 0.162. The van der Waals surface area contributed by atoms with Crippen molar-refractivity contribution in [2.24, 2.45) is 0 Å². The van der Waals surface area contributed by atoms with Crippen molar-refractivity contribution in [1.82, 2.24) is 10.2 Å². The number of nitrogens with zero attached hydrogens (tertiary/aromatic N) is 1. The molecule has 4 rings (SSSR count). The van der Waals surface area contributed by atoms with Crippen LogP contribution in [0.25, 0.3) is 0 Å². The standard InChI is InChI=1S/C23H28N2O2/c1-27-23(19-7-3-2-4-8-19)12-15-25(16-13-23)22(26)21-10-6-5-9-20(21)18-11-14-24-17-18/h2-10,18,24H,11-17H2,1H3/t18-/m1/s1. The summed E-state index contributed by atoms with van der Waals surface area (Å²) >= 11 is 0. The zero-order valence-electron chi connectivity index (χ0n) is 16.0. The van der Waals surface area contributed by atoms with E-state index in [9.17, 15) is 4.79 Å². The molecule has 0 unspecified atom stereocenters. The van der Waals surface area contributed by atoms with Gasteiger partial charge in [-0.25, -0.2) is 0 Å². The van der Waals surface area contributed by atoms with Crippen molar-refractivity contribution in [2.75, 3.05) is 33.3 Å². The van der Waals surface area contributed by atoms with Gasteiger partial charge in [0.15, 0.2) is 0 Å². The molecule has 4 nitrogen and oxygen atoms in total. The lowest BCUT2D eigenvalue weighted by Crippen LogP contribution is -2.46. The summed E-state index contributed by atoms with van der Waals surface area (Å²) in [5.74, 6) is 0.604. The number of likely N-dealkylation sites (tertiary alicyclic amines) is 1. The van der Waals surface area contributed by atoms with Crippen molar-refractivity contribution in [2.45, 2.75) is 30.8 Å². The number of carbonyl (C=O) groups is 1. The molecule has 2 aliphatic heterocycles. The smallest absolute Gasteiger partial charge is 0.254 e. The molecule has 27 heavy (non-hydrogen) atoms. The number of methoxy groups -OCH3 is 1. The minimum Gasteiger partial charge on any atom is -0.373 e. The molecule has 0 aromatic heterocycles. The average Bonchev–Trinajstić information content (AvgIpc) is 3.29. The highest BCUT2D eigenvalue weighted by atomic mass is 16.5. The van der Waals surface area contributed by atoms with E-state index in [1.165, 1.54) is 11.1 Å². The number of hydrogen-bond acceptors (Lipinski definition) is 3. The predicted octanol–water partition coefficient (Wildman–Crippen LogP) is 3.54. The van der Waals surface area contributed by atoms with Crippen molar-refractivity contribution in [3.63, 3.8) is 0 Å². The van der Waals surface area contributed by atoms with Crippen molar-refractivity contribution in [1.29, 1.82) is 0 Å². The van der Waals surface area contributed by atoms with Crippen LogP contribution in [0.4, 0.5) is 0 Å². The van der Waals surface area contributed by atoms with Crippen LogP contribution in [-0.4, -0.2) is 44.1 Å². The number of hydrogen-bond donors (Lipinski definition) is 1. The number of carbonyl (C=O) groups excluding carboxylic acids is 1. The van der Waals surface area contributed by atoms with Crippen LogP contribution in [0.2, 0.25) is 0 Å². The Kier molecular flexibility index (Phi) is 5.28. The van der Waals surface area contributed by atoms with Crippen LogP contribution < -0.4 is 5.32 Å². The van der Waals surface area contributed by atoms with Gasteiger partial charge in [-0.1, -0.05) is 48.5 Å². The maximum atomic E-state index is 13.3. The van der Waals surface area contributed by atoms with Crippen LogP contribution >= 0.6 is 0 Å². The summed E-state index contributed by atoms with van der Waals surface area (Å²) in [6, 6.07) is 18.5. The SMILES string of the molecule is COC1(c2ccccc2)CCN(C(=O)c2ccccc2[C@@H]2CCNC2)CC1. The summed E-state index contributed by atoms with van der Waals surface area (Å²) in [5.41, 5.74) is 2.99. The molecule has 1 atom stereocenters. The predicted molar refractivity (Wildman–Crippen MR) is 107 cm³/mol. The number of nitrogens with one attached hydrogen (secondary N) is 1. The highest BCUT2D eigenvalue weighted by molar-refractivity contribution is 5.96. The molecule has 0 saturated carbocycles. The molecule has 2 aromatic carbocycles. The first-order valence-corrected chi connectivity index (χ1v) is 9.93. The monoisotopic (exact) mass is 364 g/mol. The third-order valence-corrected chi connectivity index (χ3v) is 6.24. The first kappa shape index (κ1) is 18.2. The lowest BCUT2D eigenvalue weighted by molar-refractivity contribution is -0.0574. The Bertz CT molecular complexity index is 776. The van der Waals surface area contributed by atoms with E-state index in [-0.39, 0.29) is 11.5 Å². The molecule has 0 spiro atoms. The van der Waals surface area contributed by atoms with Crippen molar-refractivity contribution in [3.8, 4) is 0 Å². The molecule has 2 fully saturated rings. The zero-order valence-corrected chi connectivity index (χ0v) is 16.0. The number of ether oxygens (including phenoxy) is 1. The highest BCUT2D eigenvalue weighted by Crippen LogP contribution is 2.37. The summed E-state index contributed by atoms with van der Waals surface area (Å²) in [6.07, 6.45) is 2.75. The van der Waals surface area contributed by atoms with E-state index in [1.54, 1.807) is 7.11 Å². The molecular weight excluding hydrogens is 336 g/mol. The Labute approximate surface area is 161 Å². The number of amides is 1. The van der Waals surface area contributed by atoms with E-state index < -0.39 is 0 Å². The van der Waals surface area contributed by atoms with Gasteiger partial charge in [-0.05, 0) is 48.9 Å². The largest absolute Gasteiger partial charge is 0.373 e. The Morgan fingerprint density at radius 1 is 1.07 bits per heavy atom. The van der Waals surface area contributed by atoms with Gasteiger partial charge in [-0.2, -0.15) is 0 Å². The Hall–Kier alpha value is -2.17. The fourth-order valence-electron chi connectivity index (χ4n) is 4.56. The van der Waals surface area contributed by atoms with Gasteiger partial charge in [-0.3, -0.25) is 4.79 Å². The highest BCUT2D eigenvalue weighted by Gasteiger charge is 2.38. The molecule has 2 aliphatic rings. The van der Waals surface area contributed by atoms with E-state index in [2.05, 4.69) is 35.6 Å². The lowest BCUT2D eigenvalue weighted by atomic mass is 9.83. The van der Waals surface area contributed by atoms with E-state index in [1.807, 2.05) is 29.2 Å².